The summed E-state index contributed by atoms with van der Waals surface area (Å²) in [5.74, 6) is 0.814. The molecule has 0 saturated heterocycles. The molecule has 2 aromatic rings. The third-order valence-corrected chi connectivity index (χ3v) is 2.22. The molecule has 0 spiro atoms. The van der Waals surface area contributed by atoms with Crippen LogP contribution in [-0.4, -0.2) is 22.7 Å². The summed E-state index contributed by atoms with van der Waals surface area (Å²) in [6, 6.07) is 8.58. The maximum absolute atomic E-state index is 11.5. The van der Waals surface area contributed by atoms with E-state index in [1.165, 1.54) is 0 Å². The Labute approximate surface area is 104 Å². The van der Waals surface area contributed by atoms with Gasteiger partial charge in [-0.15, -0.1) is 0 Å². The fourth-order valence-corrected chi connectivity index (χ4v) is 1.37. The number of aromatic amines is 1. The molecule has 18 heavy (non-hydrogen) atoms. The molecule has 6 nitrogen and oxygen atoms in total. The van der Waals surface area contributed by atoms with Crippen molar-refractivity contribution in [2.24, 2.45) is 0 Å². The number of benzene rings is 1. The largest absolute Gasteiger partial charge is 0.484 e. The molecule has 94 valence electrons. The number of nitrogen functional groups attached to an aromatic ring is 1. The van der Waals surface area contributed by atoms with Gasteiger partial charge in [0.1, 0.15) is 5.75 Å². The van der Waals surface area contributed by atoms with E-state index in [1.54, 1.807) is 30.3 Å². The van der Waals surface area contributed by atoms with Crippen LogP contribution < -0.4 is 15.8 Å². The molecule has 6 heteroatoms. The van der Waals surface area contributed by atoms with Gasteiger partial charge < -0.3 is 15.8 Å². The Morgan fingerprint density at radius 1 is 1.44 bits per heavy atom. The summed E-state index contributed by atoms with van der Waals surface area (Å²) < 4.78 is 5.30. The Kier molecular flexibility index (Phi) is 3.47. The van der Waals surface area contributed by atoms with Gasteiger partial charge in [0, 0.05) is 17.4 Å². The molecule has 1 amide bonds. The number of nitrogens with two attached hydrogens (primary N) is 1. The van der Waals surface area contributed by atoms with E-state index in [0.717, 1.165) is 5.69 Å². The second-order valence-corrected chi connectivity index (χ2v) is 3.84. The summed E-state index contributed by atoms with van der Waals surface area (Å²) in [6.07, 6.45) is 0. The molecular weight excluding hydrogens is 232 g/mol. The molecule has 1 heterocycles. The number of hydrogen-bond acceptors (Lipinski definition) is 4. The van der Waals surface area contributed by atoms with Crippen LogP contribution in [0.1, 0.15) is 5.69 Å². The second kappa shape index (κ2) is 5.22. The van der Waals surface area contributed by atoms with Crippen LogP contribution in [-0.2, 0) is 4.79 Å². The van der Waals surface area contributed by atoms with Crippen molar-refractivity contribution in [2.75, 3.05) is 17.7 Å². The molecule has 0 bridgehead atoms. The third kappa shape index (κ3) is 3.24. The van der Waals surface area contributed by atoms with Gasteiger partial charge in [0.15, 0.2) is 12.4 Å². The van der Waals surface area contributed by atoms with E-state index in [4.69, 9.17) is 10.5 Å². The predicted molar refractivity (Wildman–Crippen MR) is 68.3 cm³/mol. The van der Waals surface area contributed by atoms with E-state index < -0.39 is 0 Å². The van der Waals surface area contributed by atoms with Crippen molar-refractivity contribution in [3.63, 3.8) is 0 Å². The average molecular weight is 246 g/mol. The molecule has 4 N–H and O–H groups in total. The lowest BCUT2D eigenvalue weighted by atomic mass is 10.3. The number of carbonyl (C=O) groups excluding carboxylic acids is 1. The van der Waals surface area contributed by atoms with Crippen molar-refractivity contribution in [3.05, 3.63) is 36.0 Å². The number of nitrogens with one attached hydrogen (secondary N) is 2. The molecule has 0 fully saturated rings. The maximum atomic E-state index is 11.5. The number of carbonyl (C=O) groups is 1. The van der Waals surface area contributed by atoms with Gasteiger partial charge >= 0.3 is 0 Å². The Hall–Kier alpha value is -2.50. The number of ether oxygens (including phenoxy) is 1. The number of aromatic nitrogens is 2. The Balaban J connectivity index is 1.83. The quantitative estimate of drug-likeness (QED) is 0.709. The fourth-order valence-electron chi connectivity index (χ4n) is 1.37. The van der Waals surface area contributed by atoms with E-state index in [9.17, 15) is 4.79 Å². The average Bonchev–Trinajstić information content (AvgIpc) is 2.74. The van der Waals surface area contributed by atoms with Crippen LogP contribution in [0.25, 0.3) is 0 Å². The van der Waals surface area contributed by atoms with Crippen LogP contribution >= 0.6 is 0 Å². The molecule has 0 atom stereocenters. The number of aryl methyl sites for hydroxylation is 1. The van der Waals surface area contributed by atoms with Gasteiger partial charge in [0.05, 0.1) is 0 Å². The van der Waals surface area contributed by atoms with E-state index in [2.05, 4.69) is 15.5 Å². The lowest BCUT2D eigenvalue weighted by Gasteiger charge is -2.05. The van der Waals surface area contributed by atoms with Crippen LogP contribution in [0.4, 0.5) is 11.5 Å². The lowest BCUT2D eigenvalue weighted by Crippen LogP contribution is -2.20. The van der Waals surface area contributed by atoms with Gasteiger partial charge in [-0.1, -0.05) is 0 Å². The van der Waals surface area contributed by atoms with E-state index in [-0.39, 0.29) is 12.5 Å². The van der Waals surface area contributed by atoms with Crippen molar-refractivity contribution in [2.45, 2.75) is 6.92 Å². The molecule has 0 radical (unpaired) electrons. The van der Waals surface area contributed by atoms with Crippen LogP contribution in [0.2, 0.25) is 0 Å². The van der Waals surface area contributed by atoms with E-state index in [1.807, 2.05) is 6.92 Å². The summed E-state index contributed by atoms with van der Waals surface area (Å²) in [4.78, 5) is 11.5. The van der Waals surface area contributed by atoms with Gasteiger partial charge in [-0.3, -0.25) is 9.89 Å². The molecule has 1 aromatic carbocycles. The first kappa shape index (κ1) is 12.0. The second-order valence-electron chi connectivity index (χ2n) is 3.84. The Morgan fingerprint density at radius 2 is 2.17 bits per heavy atom. The zero-order chi connectivity index (χ0) is 13.0. The number of anilines is 2. The zero-order valence-corrected chi connectivity index (χ0v) is 9.93. The van der Waals surface area contributed by atoms with E-state index >= 15 is 0 Å². The van der Waals surface area contributed by atoms with Gasteiger partial charge in [0.25, 0.3) is 5.91 Å². The minimum atomic E-state index is -0.265. The summed E-state index contributed by atoms with van der Waals surface area (Å²) in [7, 11) is 0. The first-order valence-electron chi connectivity index (χ1n) is 5.44. The first-order chi connectivity index (χ1) is 8.63. The molecule has 0 aliphatic carbocycles. The molecule has 0 aliphatic heterocycles. The SMILES string of the molecule is Cc1cc(NC(=O)COc2ccc(N)cc2)n[nH]1. The van der Waals surface area contributed by atoms with Gasteiger partial charge in [0.2, 0.25) is 0 Å². The Bertz CT molecular complexity index is 533. The Morgan fingerprint density at radius 3 is 2.78 bits per heavy atom. The van der Waals surface area contributed by atoms with Crippen molar-refractivity contribution in [1.29, 1.82) is 0 Å². The van der Waals surface area contributed by atoms with Crippen molar-refractivity contribution < 1.29 is 9.53 Å². The molecule has 2 rings (SSSR count). The number of H-pyrrole nitrogens is 1. The van der Waals surface area contributed by atoms with Crippen LogP contribution in [0.5, 0.6) is 5.75 Å². The minimum Gasteiger partial charge on any atom is -0.484 e. The van der Waals surface area contributed by atoms with Crippen molar-refractivity contribution >= 4 is 17.4 Å². The number of rotatable bonds is 4. The highest BCUT2D eigenvalue weighted by atomic mass is 16.5. The first-order valence-corrected chi connectivity index (χ1v) is 5.44. The molecule has 0 unspecified atom stereocenters. The third-order valence-electron chi connectivity index (χ3n) is 2.22. The topological polar surface area (TPSA) is 93.0 Å². The molecular formula is C12H14N4O2. The normalized spacial score (nSPS) is 10.1. The smallest absolute Gasteiger partial charge is 0.263 e. The number of amides is 1. The van der Waals surface area contributed by atoms with Gasteiger partial charge in [-0.2, -0.15) is 5.10 Å². The van der Waals surface area contributed by atoms with E-state index in [0.29, 0.717) is 17.3 Å². The van der Waals surface area contributed by atoms with Crippen molar-refractivity contribution in [3.8, 4) is 5.75 Å². The molecule has 1 aromatic heterocycles. The van der Waals surface area contributed by atoms with Gasteiger partial charge in [-0.05, 0) is 31.2 Å². The molecule has 0 aliphatic rings. The highest BCUT2D eigenvalue weighted by Gasteiger charge is 2.05. The summed E-state index contributed by atoms with van der Waals surface area (Å²) in [5, 5.41) is 9.24. The summed E-state index contributed by atoms with van der Waals surface area (Å²) >= 11 is 0. The number of hydrogen-bond donors (Lipinski definition) is 3. The maximum Gasteiger partial charge on any atom is 0.263 e. The summed E-state index contributed by atoms with van der Waals surface area (Å²) in [5.41, 5.74) is 7.07. The summed E-state index contributed by atoms with van der Waals surface area (Å²) in [6.45, 7) is 1.78. The fraction of sp³-hybridized carbons (Fsp3) is 0.167. The highest BCUT2D eigenvalue weighted by Crippen LogP contribution is 2.13. The van der Waals surface area contributed by atoms with Crippen LogP contribution in [0.3, 0.4) is 0 Å². The highest BCUT2D eigenvalue weighted by molar-refractivity contribution is 5.90. The van der Waals surface area contributed by atoms with Gasteiger partial charge in [-0.25, -0.2) is 0 Å². The standard InChI is InChI=1S/C12H14N4O2/c1-8-6-11(16-15-8)14-12(17)7-18-10-4-2-9(13)3-5-10/h2-6H,7,13H2,1H3,(H2,14,15,16,17). The lowest BCUT2D eigenvalue weighted by molar-refractivity contribution is -0.118. The predicted octanol–water partition coefficient (Wildman–Crippen LogP) is 1.32. The van der Waals surface area contributed by atoms with Crippen LogP contribution in [0.15, 0.2) is 30.3 Å². The molecule has 0 saturated carbocycles. The monoisotopic (exact) mass is 246 g/mol. The number of nitrogens with zero attached hydrogens (tertiary/aromatic N) is 1. The zero-order valence-electron chi connectivity index (χ0n) is 9.93. The minimum absolute atomic E-state index is 0.0736. The van der Waals surface area contributed by atoms with Crippen LogP contribution in [0, 0.1) is 6.92 Å². The van der Waals surface area contributed by atoms with Crippen molar-refractivity contribution in [1.82, 2.24) is 10.2 Å².